The predicted octanol–water partition coefficient (Wildman–Crippen LogP) is 3.71. The van der Waals surface area contributed by atoms with Crippen molar-refractivity contribution in [3.8, 4) is 0 Å². The second-order valence-electron chi connectivity index (χ2n) is 7.59. The van der Waals surface area contributed by atoms with Gasteiger partial charge in [0.15, 0.2) is 18.2 Å². The van der Waals surface area contributed by atoms with Gasteiger partial charge in [-0.15, -0.1) is 0 Å². The first-order valence-corrected chi connectivity index (χ1v) is 11.6. The van der Waals surface area contributed by atoms with Crippen LogP contribution in [-0.4, -0.2) is 44.3 Å². The van der Waals surface area contributed by atoms with Gasteiger partial charge in [0.2, 0.25) is 10.0 Å². The van der Waals surface area contributed by atoms with Crippen LogP contribution in [0.4, 0.5) is 14.5 Å². The van der Waals surface area contributed by atoms with Crippen LogP contribution in [-0.2, 0) is 19.6 Å². The second-order valence-corrected chi connectivity index (χ2v) is 9.59. The average Bonchev–Trinajstić information content (AvgIpc) is 2.80. The Balaban J connectivity index is 1.57. The minimum atomic E-state index is -3.69. The summed E-state index contributed by atoms with van der Waals surface area (Å²) in [6, 6.07) is 8.08. The highest BCUT2D eigenvalue weighted by Gasteiger charge is 2.29. The van der Waals surface area contributed by atoms with Crippen LogP contribution in [0.2, 0.25) is 0 Å². The Morgan fingerprint density at radius 3 is 2.31 bits per heavy atom. The summed E-state index contributed by atoms with van der Waals surface area (Å²) < 4.78 is 58.1. The molecule has 0 unspecified atom stereocenters. The smallest absolute Gasteiger partial charge is 0.338 e. The molecule has 1 aliphatic rings. The molecule has 0 heterocycles. The molecule has 1 aliphatic carbocycles. The van der Waals surface area contributed by atoms with Gasteiger partial charge in [-0.2, -0.15) is 4.31 Å². The number of rotatable bonds is 7. The molecule has 1 N–H and O–H groups in total. The maximum Gasteiger partial charge on any atom is 0.338 e. The molecule has 0 aromatic heterocycles. The monoisotopic (exact) mass is 466 g/mol. The first kappa shape index (κ1) is 23.8. The van der Waals surface area contributed by atoms with Crippen LogP contribution in [0.15, 0.2) is 47.4 Å². The van der Waals surface area contributed by atoms with Gasteiger partial charge in [0.1, 0.15) is 0 Å². The van der Waals surface area contributed by atoms with Crippen molar-refractivity contribution in [3.05, 3.63) is 59.7 Å². The summed E-state index contributed by atoms with van der Waals surface area (Å²) in [4.78, 5) is 24.1. The van der Waals surface area contributed by atoms with E-state index in [2.05, 4.69) is 5.32 Å². The van der Waals surface area contributed by atoms with Crippen molar-refractivity contribution >= 4 is 27.6 Å². The molecule has 0 bridgehead atoms. The molecule has 1 fully saturated rings. The minimum absolute atomic E-state index is 0.0154. The maximum atomic E-state index is 13.2. The number of ether oxygens (including phenoxy) is 1. The Morgan fingerprint density at radius 1 is 1.03 bits per heavy atom. The van der Waals surface area contributed by atoms with Gasteiger partial charge in [-0.1, -0.05) is 19.3 Å². The maximum absolute atomic E-state index is 13.2. The number of hydrogen-bond acceptors (Lipinski definition) is 5. The fourth-order valence-electron chi connectivity index (χ4n) is 3.56. The Morgan fingerprint density at radius 2 is 1.69 bits per heavy atom. The van der Waals surface area contributed by atoms with Crippen LogP contribution in [0.25, 0.3) is 0 Å². The van der Waals surface area contributed by atoms with E-state index in [1.54, 1.807) is 7.05 Å². The average molecular weight is 467 g/mol. The van der Waals surface area contributed by atoms with E-state index < -0.39 is 40.1 Å². The third kappa shape index (κ3) is 5.68. The highest BCUT2D eigenvalue weighted by molar-refractivity contribution is 7.89. The van der Waals surface area contributed by atoms with E-state index in [1.165, 1.54) is 34.6 Å². The zero-order valence-electron chi connectivity index (χ0n) is 17.5. The van der Waals surface area contributed by atoms with E-state index in [1.807, 2.05) is 0 Å². The molecule has 172 valence electrons. The first-order chi connectivity index (χ1) is 15.2. The molecule has 1 amide bonds. The lowest BCUT2D eigenvalue weighted by molar-refractivity contribution is -0.119. The van der Waals surface area contributed by atoms with Crippen LogP contribution in [0.3, 0.4) is 0 Å². The number of sulfonamides is 1. The van der Waals surface area contributed by atoms with Gasteiger partial charge in [-0.25, -0.2) is 22.0 Å². The van der Waals surface area contributed by atoms with E-state index in [-0.39, 0.29) is 22.2 Å². The van der Waals surface area contributed by atoms with Crippen LogP contribution < -0.4 is 5.32 Å². The summed E-state index contributed by atoms with van der Waals surface area (Å²) in [5.74, 6) is -3.73. The van der Waals surface area contributed by atoms with Crippen molar-refractivity contribution in [1.82, 2.24) is 4.31 Å². The van der Waals surface area contributed by atoms with Crippen molar-refractivity contribution < 1.29 is 31.5 Å². The molecule has 7 nitrogen and oxygen atoms in total. The molecule has 1 saturated carbocycles. The number of amides is 1. The van der Waals surface area contributed by atoms with Crippen molar-refractivity contribution in [2.45, 2.75) is 43.0 Å². The molecular weight excluding hydrogens is 442 g/mol. The third-order valence-electron chi connectivity index (χ3n) is 5.39. The standard InChI is InChI=1S/C22H24F2N2O5S/c1-26(17-5-3-2-4-6-17)32(29,30)18-10-7-15(8-11-18)22(28)31-14-21(27)25-16-9-12-19(23)20(24)13-16/h7-13,17H,2-6,14H2,1H3,(H,25,27). The fourth-order valence-corrected chi connectivity index (χ4v) is 4.97. The molecule has 0 aliphatic heterocycles. The summed E-state index contributed by atoms with van der Waals surface area (Å²) in [5, 5.41) is 2.28. The van der Waals surface area contributed by atoms with Gasteiger partial charge in [-0.05, 0) is 49.2 Å². The van der Waals surface area contributed by atoms with Crippen molar-refractivity contribution in [1.29, 1.82) is 0 Å². The Bertz CT molecular complexity index is 1080. The van der Waals surface area contributed by atoms with Gasteiger partial charge in [0, 0.05) is 24.8 Å². The van der Waals surface area contributed by atoms with Gasteiger partial charge >= 0.3 is 5.97 Å². The summed E-state index contributed by atoms with van der Waals surface area (Å²) in [5.41, 5.74) is 0.0893. The van der Waals surface area contributed by atoms with Gasteiger partial charge in [0.05, 0.1) is 10.5 Å². The molecule has 32 heavy (non-hydrogen) atoms. The van der Waals surface area contributed by atoms with Crippen LogP contribution in [0.5, 0.6) is 0 Å². The zero-order valence-corrected chi connectivity index (χ0v) is 18.3. The third-order valence-corrected chi connectivity index (χ3v) is 7.32. The van der Waals surface area contributed by atoms with Crippen molar-refractivity contribution in [2.24, 2.45) is 0 Å². The summed E-state index contributed by atoms with van der Waals surface area (Å²) in [6.45, 7) is -0.650. The quantitative estimate of drug-likeness (QED) is 0.628. The first-order valence-electron chi connectivity index (χ1n) is 10.2. The van der Waals surface area contributed by atoms with Crippen LogP contribution in [0.1, 0.15) is 42.5 Å². The fraction of sp³-hybridized carbons (Fsp3) is 0.364. The lowest BCUT2D eigenvalue weighted by Gasteiger charge is -2.30. The van der Waals surface area contributed by atoms with Crippen molar-refractivity contribution in [3.63, 3.8) is 0 Å². The molecule has 0 saturated heterocycles. The molecule has 3 rings (SSSR count). The highest BCUT2D eigenvalue weighted by Crippen LogP contribution is 2.26. The predicted molar refractivity (Wildman–Crippen MR) is 114 cm³/mol. The number of esters is 1. The zero-order chi connectivity index (χ0) is 23.3. The molecule has 0 atom stereocenters. The molecular formula is C22H24F2N2O5S. The van der Waals surface area contributed by atoms with E-state index in [0.717, 1.165) is 44.2 Å². The van der Waals surface area contributed by atoms with E-state index in [9.17, 15) is 26.8 Å². The summed E-state index contributed by atoms with van der Waals surface area (Å²) in [7, 11) is -2.12. The van der Waals surface area contributed by atoms with E-state index >= 15 is 0 Å². The van der Waals surface area contributed by atoms with Gasteiger partial charge < -0.3 is 10.1 Å². The topological polar surface area (TPSA) is 92.8 Å². The van der Waals surface area contributed by atoms with Crippen LogP contribution in [0, 0.1) is 11.6 Å². The van der Waals surface area contributed by atoms with E-state index in [4.69, 9.17) is 4.74 Å². The summed E-state index contributed by atoms with van der Waals surface area (Å²) >= 11 is 0. The lowest BCUT2D eigenvalue weighted by atomic mass is 9.96. The number of nitrogens with one attached hydrogen (secondary N) is 1. The number of halogens is 2. The molecule has 0 spiro atoms. The SMILES string of the molecule is CN(C1CCCCC1)S(=O)(=O)c1ccc(C(=O)OCC(=O)Nc2ccc(F)c(F)c2)cc1. The Kier molecular flexibility index (Phi) is 7.57. The van der Waals surface area contributed by atoms with Crippen molar-refractivity contribution in [2.75, 3.05) is 19.0 Å². The number of nitrogens with zero attached hydrogens (tertiary/aromatic N) is 1. The molecule has 10 heteroatoms. The number of carbonyl (C=O) groups excluding carboxylic acids is 2. The number of anilines is 1. The molecule has 2 aromatic rings. The molecule has 2 aromatic carbocycles. The Labute approximate surface area is 185 Å². The number of benzene rings is 2. The van der Waals surface area contributed by atoms with Gasteiger partial charge in [-0.3, -0.25) is 4.79 Å². The second kappa shape index (κ2) is 10.2. The van der Waals surface area contributed by atoms with E-state index in [0.29, 0.717) is 0 Å². The number of carbonyl (C=O) groups is 2. The Hall–Kier alpha value is -2.85. The normalized spacial score (nSPS) is 14.9. The van der Waals surface area contributed by atoms with Crippen LogP contribution >= 0.6 is 0 Å². The molecule has 0 radical (unpaired) electrons. The summed E-state index contributed by atoms with van der Waals surface area (Å²) in [6.07, 6.45) is 4.76. The van der Waals surface area contributed by atoms with Gasteiger partial charge in [0.25, 0.3) is 5.91 Å². The minimum Gasteiger partial charge on any atom is -0.452 e. The lowest BCUT2D eigenvalue weighted by Crippen LogP contribution is -2.38. The largest absolute Gasteiger partial charge is 0.452 e. The highest BCUT2D eigenvalue weighted by atomic mass is 32.2. The number of hydrogen-bond donors (Lipinski definition) is 1.